The number of benzene rings is 3. The van der Waals surface area contributed by atoms with Gasteiger partial charge in [-0.15, -0.1) is 4.40 Å². The van der Waals surface area contributed by atoms with Gasteiger partial charge in [0.15, 0.2) is 17.3 Å². The van der Waals surface area contributed by atoms with Crippen LogP contribution in [-0.4, -0.2) is 21.4 Å². The van der Waals surface area contributed by atoms with Crippen molar-refractivity contribution in [2.24, 2.45) is 4.40 Å². The summed E-state index contributed by atoms with van der Waals surface area (Å²) in [7, 11) is -2.22. The van der Waals surface area contributed by atoms with E-state index in [1.807, 2.05) is 31.2 Å². The van der Waals surface area contributed by atoms with Crippen LogP contribution < -0.4 is 14.8 Å². The van der Waals surface area contributed by atoms with Crippen molar-refractivity contribution in [1.29, 1.82) is 0 Å². The quantitative estimate of drug-likeness (QED) is 0.686. The lowest BCUT2D eigenvalue weighted by Crippen LogP contribution is -2.22. The Hall–Kier alpha value is -3.32. The first-order chi connectivity index (χ1) is 14.0. The summed E-state index contributed by atoms with van der Waals surface area (Å²) in [5.74, 6) is 1.31. The zero-order valence-corrected chi connectivity index (χ0v) is 16.9. The molecule has 4 rings (SSSR count). The van der Waals surface area contributed by atoms with Gasteiger partial charge in [-0.1, -0.05) is 36.4 Å². The SMILES string of the molecule is COc1cc(C2=NS(=O)(=O)c3ccccc3N2)ccc1OCc1ccccc1C. The first-order valence-electron chi connectivity index (χ1n) is 9.05. The van der Waals surface area contributed by atoms with Gasteiger partial charge < -0.3 is 14.8 Å². The molecule has 148 valence electrons. The molecule has 6 nitrogen and oxygen atoms in total. The fourth-order valence-electron chi connectivity index (χ4n) is 3.10. The Morgan fingerprint density at radius 1 is 0.966 bits per heavy atom. The minimum absolute atomic E-state index is 0.161. The predicted molar refractivity (Wildman–Crippen MR) is 112 cm³/mol. The zero-order valence-electron chi connectivity index (χ0n) is 16.0. The first kappa shape index (κ1) is 19.0. The minimum atomic E-state index is -3.77. The molecule has 1 N–H and O–H groups in total. The van der Waals surface area contributed by atoms with Gasteiger partial charge in [0.2, 0.25) is 0 Å². The second kappa shape index (κ2) is 7.60. The number of nitrogens with one attached hydrogen (secondary N) is 1. The third-order valence-electron chi connectivity index (χ3n) is 4.71. The van der Waals surface area contributed by atoms with Crippen LogP contribution >= 0.6 is 0 Å². The molecule has 0 aromatic heterocycles. The Bertz CT molecular complexity index is 1200. The van der Waals surface area contributed by atoms with Gasteiger partial charge in [-0.3, -0.25) is 0 Å². The van der Waals surface area contributed by atoms with Crippen molar-refractivity contribution in [3.8, 4) is 11.5 Å². The summed E-state index contributed by atoms with van der Waals surface area (Å²) in [5, 5.41) is 3.08. The normalized spacial score (nSPS) is 14.3. The number of para-hydroxylation sites is 1. The Morgan fingerprint density at radius 2 is 1.72 bits per heavy atom. The largest absolute Gasteiger partial charge is 0.493 e. The van der Waals surface area contributed by atoms with E-state index >= 15 is 0 Å². The van der Waals surface area contributed by atoms with Crippen LogP contribution in [0.2, 0.25) is 0 Å². The second-order valence-electron chi connectivity index (χ2n) is 6.62. The highest BCUT2D eigenvalue weighted by Crippen LogP contribution is 2.32. The van der Waals surface area contributed by atoms with Crippen LogP contribution in [0, 0.1) is 6.92 Å². The molecule has 0 radical (unpaired) electrons. The van der Waals surface area contributed by atoms with E-state index in [9.17, 15) is 8.42 Å². The van der Waals surface area contributed by atoms with Crippen molar-refractivity contribution in [1.82, 2.24) is 0 Å². The van der Waals surface area contributed by atoms with Gasteiger partial charge in [0.05, 0.1) is 12.8 Å². The van der Waals surface area contributed by atoms with Crippen molar-refractivity contribution in [3.05, 3.63) is 83.4 Å². The summed E-state index contributed by atoms with van der Waals surface area (Å²) >= 11 is 0. The summed E-state index contributed by atoms with van der Waals surface area (Å²) in [6, 6.07) is 19.9. The van der Waals surface area contributed by atoms with Crippen LogP contribution in [0.5, 0.6) is 11.5 Å². The molecule has 0 saturated carbocycles. The number of sulfonamides is 1. The van der Waals surface area contributed by atoms with Crippen molar-refractivity contribution in [2.45, 2.75) is 18.4 Å². The van der Waals surface area contributed by atoms with E-state index in [-0.39, 0.29) is 10.7 Å². The number of ether oxygens (including phenoxy) is 2. The van der Waals surface area contributed by atoms with Gasteiger partial charge in [0.1, 0.15) is 11.5 Å². The van der Waals surface area contributed by atoms with Crippen molar-refractivity contribution >= 4 is 21.5 Å². The molecule has 1 aliphatic heterocycles. The van der Waals surface area contributed by atoms with Crippen LogP contribution in [-0.2, 0) is 16.6 Å². The molecule has 0 atom stereocenters. The predicted octanol–water partition coefficient (Wildman–Crippen LogP) is 4.14. The number of rotatable bonds is 5. The van der Waals surface area contributed by atoms with Crippen LogP contribution in [0.1, 0.15) is 16.7 Å². The van der Waals surface area contributed by atoms with Crippen molar-refractivity contribution in [2.75, 3.05) is 12.4 Å². The lowest BCUT2D eigenvalue weighted by molar-refractivity contribution is 0.284. The Labute approximate surface area is 169 Å². The smallest absolute Gasteiger partial charge is 0.286 e. The highest BCUT2D eigenvalue weighted by Gasteiger charge is 2.25. The number of aryl methyl sites for hydroxylation is 1. The molecule has 7 heteroatoms. The summed E-state index contributed by atoms with van der Waals surface area (Å²) in [5.41, 5.74) is 3.31. The van der Waals surface area contributed by atoms with E-state index in [0.717, 1.165) is 11.1 Å². The van der Waals surface area contributed by atoms with Crippen LogP contribution in [0.15, 0.2) is 76.0 Å². The summed E-state index contributed by atoms with van der Waals surface area (Å²) < 4.78 is 40.3. The average molecular weight is 408 g/mol. The Balaban J connectivity index is 1.62. The van der Waals surface area contributed by atoms with E-state index < -0.39 is 10.0 Å². The molecule has 3 aromatic rings. The fourth-order valence-corrected chi connectivity index (χ4v) is 4.24. The molecular weight excluding hydrogens is 388 g/mol. The zero-order chi connectivity index (χ0) is 20.4. The van der Waals surface area contributed by atoms with Gasteiger partial charge in [0.25, 0.3) is 10.0 Å². The molecule has 0 saturated heterocycles. The fraction of sp³-hybridized carbons (Fsp3) is 0.136. The molecule has 0 fully saturated rings. The number of methoxy groups -OCH3 is 1. The maximum Gasteiger partial charge on any atom is 0.286 e. The Kier molecular flexibility index (Phi) is 4.98. The highest BCUT2D eigenvalue weighted by atomic mass is 32.2. The number of nitrogens with zero attached hydrogens (tertiary/aromatic N) is 1. The number of fused-ring (bicyclic) bond motifs is 1. The molecule has 29 heavy (non-hydrogen) atoms. The summed E-state index contributed by atoms with van der Waals surface area (Å²) in [6.07, 6.45) is 0. The van der Waals surface area contributed by atoms with E-state index in [1.165, 1.54) is 6.07 Å². The van der Waals surface area contributed by atoms with Crippen LogP contribution in [0.3, 0.4) is 0 Å². The van der Waals surface area contributed by atoms with E-state index in [4.69, 9.17) is 9.47 Å². The standard InChI is InChI=1S/C22H20N2O4S/c1-15-7-3-4-8-17(15)14-28-19-12-11-16(13-20(19)27-2)22-23-18-9-5-6-10-21(18)29(25,26)24-22/h3-13H,14H2,1-2H3,(H,23,24). The van der Waals surface area contributed by atoms with Crippen molar-refractivity contribution < 1.29 is 17.9 Å². The molecule has 0 spiro atoms. The van der Waals surface area contributed by atoms with Crippen molar-refractivity contribution in [3.63, 3.8) is 0 Å². The van der Waals surface area contributed by atoms with Gasteiger partial charge in [0, 0.05) is 5.56 Å². The average Bonchev–Trinajstić information content (AvgIpc) is 2.72. The number of anilines is 1. The third-order valence-corrected chi connectivity index (χ3v) is 6.05. The third kappa shape index (κ3) is 3.82. The lowest BCUT2D eigenvalue weighted by Gasteiger charge is -2.19. The van der Waals surface area contributed by atoms with Gasteiger partial charge in [-0.25, -0.2) is 0 Å². The van der Waals surface area contributed by atoms with E-state index in [0.29, 0.717) is 29.4 Å². The molecule has 0 bridgehead atoms. The van der Waals surface area contributed by atoms with Gasteiger partial charge >= 0.3 is 0 Å². The first-order valence-corrected chi connectivity index (χ1v) is 10.5. The number of hydrogen-bond donors (Lipinski definition) is 1. The Morgan fingerprint density at radius 3 is 2.52 bits per heavy atom. The molecule has 0 amide bonds. The van der Waals surface area contributed by atoms with Gasteiger partial charge in [-0.2, -0.15) is 8.42 Å². The molecule has 3 aromatic carbocycles. The lowest BCUT2D eigenvalue weighted by atomic mass is 10.1. The molecule has 0 unspecified atom stereocenters. The maximum atomic E-state index is 12.5. The van der Waals surface area contributed by atoms with E-state index in [2.05, 4.69) is 9.71 Å². The number of hydrogen-bond acceptors (Lipinski definition) is 5. The van der Waals surface area contributed by atoms with Crippen LogP contribution in [0.4, 0.5) is 5.69 Å². The number of amidine groups is 1. The second-order valence-corrected chi connectivity index (χ2v) is 8.19. The maximum absolute atomic E-state index is 12.5. The van der Waals surface area contributed by atoms with Gasteiger partial charge in [-0.05, 0) is 48.4 Å². The molecule has 1 heterocycles. The summed E-state index contributed by atoms with van der Waals surface area (Å²) in [6.45, 7) is 2.44. The summed E-state index contributed by atoms with van der Waals surface area (Å²) in [4.78, 5) is 0.161. The molecule has 1 aliphatic rings. The highest BCUT2D eigenvalue weighted by molar-refractivity contribution is 7.90. The monoisotopic (exact) mass is 408 g/mol. The topological polar surface area (TPSA) is 77.0 Å². The van der Waals surface area contributed by atoms with Crippen LogP contribution in [0.25, 0.3) is 0 Å². The van der Waals surface area contributed by atoms with E-state index in [1.54, 1.807) is 43.5 Å². The molecular formula is C22H20N2O4S. The minimum Gasteiger partial charge on any atom is -0.493 e. The molecule has 0 aliphatic carbocycles.